The van der Waals surface area contributed by atoms with Crippen LogP contribution in [0.15, 0.2) is 0 Å². The van der Waals surface area contributed by atoms with E-state index in [4.69, 9.17) is 0 Å². The molecular weight excluding hydrogens is 100 g/mol. The second-order valence-electron chi connectivity index (χ2n) is 2.28. The van der Waals surface area contributed by atoms with Crippen LogP contribution in [-0.4, -0.2) is 5.78 Å². The molecule has 1 aliphatic carbocycles. The Morgan fingerprint density at radius 2 is 2.25 bits per heavy atom. The van der Waals surface area contributed by atoms with Gasteiger partial charge in [-0.2, -0.15) is 0 Å². The summed E-state index contributed by atoms with van der Waals surface area (Å²) < 4.78 is 0. The lowest BCUT2D eigenvalue weighted by molar-refractivity contribution is -0.118. The summed E-state index contributed by atoms with van der Waals surface area (Å²) in [5.74, 6) is 0.419. The quantitative estimate of drug-likeness (QED) is 0.435. The van der Waals surface area contributed by atoms with E-state index in [0.29, 0.717) is 5.78 Å². The molecule has 1 radical (unpaired) electrons. The van der Waals surface area contributed by atoms with Gasteiger partial charge in [0.1, 0.15) is 5.78 Å². The maximum Gasteiger partial charge on any atom is 0.133 e. The normalized spacial score (nSPS) is 22.8. The molecule has 0 atom stereocenters. The van der Waals surface area contributed by atoms with Crippen molar-refractivity contribution in [3.8, 4) is 0 Å². The molecule has 1 rings (SSSR count). The standard InChI is InChI=1S/C7H11O/c8-7-5-3-1-2-4-6-7/h3H,1-2,4-6H2. The highest BCUT2D eigenvalue weighted by Gasteiger charge is 2.05. The van der Waals surface area contributed by atoms with Crippen LogP contribution < -0.4 is 0 Å². The minimum absolute atomic E-state index is 0.419. The van der Waals surface area contributed by atoms with Gasteiger partial charge < -0.3 is 0 Å². The molecule has 1 saturated carbocycles. The summed E-state index contributed by atoms with van der Waals surface area (Å²) in [6.45, 7) is 0. The molecule has 0 N–H and O–H groups in total. The molecule has 0 aliphatic heterocycles. The Morgan fingerprint density at radius 1 is 1.38 bits per heavy atom. The van der Waals surface area contributed by atoms with E-state index < -0.39 is 0 Å². The minimum Gasteiger partial charge on any atom is -0.300 e. The molecule has 1 aliphatic rings. The third-order valence-electron chi connectivity index (χ3n) is 1.49. The van der Waals surface area contributed by atoms with Crippen molar-refractivity contribution in [1.82, 2.24) is 0 Å². The first-order chi connectivity index (χ1) is 3.89. The van der Waals surface area contributed by atoms with E-state index >= 15 is 0 Å². The van der Waals surface area contributed by atoms with Gasteiger partial charge in [-0.3, -0.25) is 4.79 Å². The van der Waals surface area contributed by atoms with Crippen LogP contribution in [0.2, 0.25) is 0 Å². The smallest absolute Gasteiger partial charge is 0.133 e. The lowest BCUT2D eigenvalue weighted by Gasteiger charge is -1.86. The van der Waals surface area contributed by atoms with Gasteiger partial charge >= 0.3 is 0 Å². The van der Waals surface area contributed by atoms with Crippen molar-refractivity contribution < 1.29 is 4.79 Å². The lowest BCUT2D eigenvalue weighted by Crippen LogP contribution is -1.92. The summed E-state index contributed by atoms with van der Waals surface area (Å²) in [7, 11) is 0. The molecule has 1 heteroatoms. The first-order valence-electron chi connectivity index (χ1n) is 3.23. The first kappa shape index (κ1) is 5.80. The van der Waals surface area contributed by atoms with Gasteiger partial charge in [-0.05, 0) is 19.3 Å². The van der Waals surface area contributed by atoms with E-state index in [1.165, 1.54) is 6.42 Å². The highest BCUT2D eigenvalue weighted by molar-refractivity contribution is 5.79. The van der Waals surface area contributed by atoms with Crippen molar-refractivity contribution in [1.29, 1.82) is 0 Å². The van der Waals surface area contributed by atoms with Crippen LogP contribution in [0.25, 0.3) is 0 Å². The highest BCUT2D eigenvalue weighted by atomic mass is 16.1. The molecule has 8 heavy (non-hydrogen) atoms. The molecule has 1 nitrogen and oxygen atoms in total. The molecule has 0 spiro atoms. The van der Waals surface area contributed by atoms with Crippen molar-refractivity contribution in [2.24, 2.45) is 0 Å². The highest BCUT2D eigenvalue weighted by Crippen LogP contribution is 2.11. The zero-order chi connectivity index (χ0) is 5.82. The number of Topliss-reactive ketones (excluding diaryl/α,β-unsaturated/α-hetero) is 1. The van der Waals surface area contributed by atoms with E-state index in [-0.39, 0.29) is 0 Å². The summed E-state index contributed by atoms with van der Waals surface area (Å²) in [6.07, 6.45) is 7.10. The second kappa shape index (κ2) is 2.85. The van der Waals surface area contributed by atoms with Crippen molar-refractivity contribution in [2.75, 3.05) is 0 Å². The van der Waals surface area contributed by atoms with Crippen LogP contribution in [0.3, 0.4) is 0 Å². The fraction of sp³-hybridized carbons (Fsp3) is 0.714. The average molecular weight is 111 g/mol. The van der Waals surface area contributed by atoms with Gasteiger partial charge in [-0.1, -0.05) is 6.42 Å². The Kier molecular flexibility index (Phi) is 2.07. The Hall–Kier alpha value is -0.330. The largest absolute Gasteiger partial charge is 0.300 e. The van der Waals surface area contributed by atoms with Gasteiger partial charge in [0.05, 0.1) is 0 Å². The van der Waals surface area contributed by atoms with Gasteiger partial charge in [-0.25, -0.2) is 0 Å². The molecule has 1 fully saturated rings. The predicted octanol–water partition coefficient (Wildman–Crippen LogP) is 1.72. The van der Waals surface area contributed by atoms with Crippen molar-refractivity contribution in [2.45, 2.75) is 32.1 Å². The maximum absolute atomic E-state index is 10.7. The van der Waals surface area contributed by atoms with Crippen LogP contribution in [-0.2, 0) is 4.79 Å². The zero-order valence-corrected chi connectivity index (χ0v) is 5.02. The van der Waals surface area contributed by atoms with Gasteiger partial charge in [0, 0.05) is 12.8 Å². The van der Waals surface area contributed by atoms with Gasteiger partial charge in [0.15, 0.2) is 0 Å². The molecule has 45 valence electrons. The third kappa shape index (κ3) is 1.65. The maximum atomic E-state index is 10.7. The minimum atomic E-state index is 0.419. The molecule has 0 saturated heterocycles. The Bertz CT molecular complexity index is 76.4. The number of hydrogen-bond acceptors (Lipinski definition) is 1. The van der Waals surface area contributed by atoms with E-state index in [0.717, 1.165) is 25.7 Å². The predicted molar refractivity (Wildman–Crippen MR) is 32.4 cm³/mol. The summed E-state index contributed by atoms with van der Waals surface area (Å²) in [6, 6.07) is 0. The van der Waals surface area contributed by atoms with Crippen LogP contribution in [0, 0.1) is 6.42 Å². The molecule has 0 aromatic heterocycles. The number of ketones is 1. The van der Waals surface area contributed by atoms with E-state index in [9.17, 15) is 4.79 Å². The summed E-state index contributed by atoms with van der Waals surface area (Å²) in [5.41, 5.74) is 0. The Labute approximate surface area is 50.1 Å². The van der Waals surface area contributed by atoms with E-state index in [1.807, 2.05) is 0 Å². The van der Waals surface area contributed by atoms with Crippen LogP contribution in [0.4, 0.5) is 0 Å². The monoisotopic (exact) mass is 111 g/mol. The van der Waals surface area contributed by atoms with Gasteiger partial charge in [-0.15, -0.1) is 0 Å². The van der Waals surface area contributed by atoms with E-state index in [2.05, 4.69) is 6.42 Å². The van der Waals surface area contributed by atoms with Gasteiger partial charge in [0.2, 0.25) is 0 Å². The summed E-state index contributed by atoms with van der Waals surface area (Å²) >= 11 is 0. The fourth-order valence-corrected chi connectivity index (χ4v) is 0.976. The lowest BCUT2D eigenvalue weighted by atomic mass is 10.2. The molecule has 0 bridgehead atoms. The molecule has 0 unspecified atom stereocenters. The third-order valence-corrected chi connectivity index (χ3v) is 1.49. The van der Waals surface area contributed by atoms with Crippen molar-refractivity contribution in [3.05, 3.63) is 6.42 Å². The number of hydrogen-bond donors (Lipinski definition) is 0. The number of carbonyl (C=O) groups is 1. The van der Waals surface area contributed by atoms with Crippen LogP contribution >= 0.6 is 0 Å². The molecule has 0 amide bonds. The SMILES string of the molecule is O=C1C[CH]CCCC1. The Morgan fingerprint density at radius 3 is 3.12 bits per heavy atom. The Balaban J connectivity index is 2.27. The molecule has 0 aromatic carbocycles. The van der Waals surface area contributed by atoms with Crippen LogP contribution in [0.5, 0.6) is 0 Å². The fourth-order valence-electron chi connectivity index (χ4n) is 0.976. The van der Waals surface area contributed by atoms with Crippen molar-refractivity contribution >= 4 is 5.78 Å². The molecular formula is C7H11O. The van der Waals surface area contributed by atoms with Gasteiger partial charge in [0.25, 0.3) is 0 Å². The van der Waals surface area contributed by atoms with Crippen molar-refractivity contribution in [3.63, 3.8) is 0 Å². The number of carbonyl (C=O) groups excluding carboxylic acids is 1. The second-order valence-corrected chi connectivity index (χ2v) is 2.28. The van der Waals surface area contributed by atoms with E-state index in [1.54, 1.807) is 0 Å². The van der Waals surface area contributed by atoms with Crippen LogP contribution in [0.1, 0.15) is 32.1 Å². The summed E-state index contributed by atoms with van der Waals surface area (Å²) in [4.78, 5) is 10.7. The zero-order valence-electron chi connectivity index (χ0n) is 5.02. The first-order valence-corrected chi connectivity index (χ1v) is 3.23. The number of rotatable bonds is 0. The molecule has 0 aromatic rings. The summed E-state index contributed by atoms with van der Waals surface area (Å²) in [5, 5.41) is 0. The molecule has 0 heterocycles. The average Bonchev–Trinajstić information content (AvgIpc) is 1.94. The topological polar surface area (TPSA) is 17.1 Å².